The molecule has 0 radical (unpaired) electrons. The number of amides is 1. The van der Waals surface area contributed by atoms with Crippen molar-refractivity contribution < 1.29 is 23.0 Å². The minimum atomic E-state index is -2.90. The fourth-order valence-corrected chi connectivity index (χ4v) is 1.51. The standard InChI is InChI=1S/C14H19F2NO3/c1-10(2)19-8-4-7-17-13(18)11-5-3-6-12(9-11)20-14(15)16/h3,5-6,9-10,14H,4,7-8H2,1-2H3,(H,17,18). The maximum atomic E-state index is 12.1. The lowest BCUT2D eigenvalue weighted by Crippen LogP contribution is -2.25. The fraction of sp³-hybridized carbons (Fsp3) is 0.500. The molecule has 1 rings (SSSR count). The molecule has 4 nitrogen and oxygen atoms in total. The molecule has 1 aromatic carbocycles. The van der Waals surface area contributed by atoms with E-state index in [1.807, 2.05) is 13.8 Å². The molecule has 0 bridgehead atoms. The molecule has 0 aliphatic rings. The number of halogens is 2. The zero-order chi connectivity index (χ0) is 15.0. The van der Waals surface area contributed by atoms with Crippen molar-refractivity contribution in [1.29, 1.82) is 0 Å². The highest BCUT2D eigenvalue weighted by Gasteiger charge is 2.09. The molecule has 0 heterocycles. The highest BCUT2D eigenvalue weighted by molar-refractivity contribution is 5.94. The second-order valence-electron chi connectivity index (χ2n) is 4.44. The molecule has 0 aliphatic carbocycles. The van der Waals surface area contributed by atoms with Gasteiger partial charge in [0.15, 0.2) is 0 Å². The zero-order valence-corrected chi connectivity index (χ0v) is 11.6. The smallest absolute Gasteiger partial charge is 0.387 e. The van der Waals surface area contributed by atoms with Gasteiger partial charge in [0, 0.05) is 18.7 Å². The predicted molar refractivity (Wildman–Crippen MR) is 71.1 cm³/mol. The molecule has 0 fully saturated rings. The van der Waals surface area contributed by atoms with Crippen molar-refractivity contribution in [1.82, 2.24) is 5.32 Å². The number of carbonyl (C=O) groups excluding carboxylic acids is 1. The van der Waals surface area contributed by atoms with E-state index < -0.39 is 6.61 Å². The molecule has 1 N–H and O–H groups in total. The van der Waals surface area contributed by atoms with Crippen LogP contribution in [0.3, 0.4) is 0 Å². The summed E-state index contributed by atoms with van der Waals surface area (Å²) in [6.07, 6.45) is 0.853. The Morgan fingerprint density at radius 2 is 2.10 bits per heavy atom. The van der Waals surface area contributed by atoms with Gasteiger partial charge in [0.1, 0.15) is 5.75 Å². The second-order valence-corrected chi connectivity index (χ2v) is 4.44. The maximum Gasteiger partial charge on any atom is 0.387 e. The van der Waals surface area contributed by atoms with Gasteiger partial charge in [-0.1, -0.05) is 6.07 Å². The number of benzene rings is 1. The van der Waals surface area contributed by atoms with E-state index in [1.165, 1.54) is 24.3 Å². The first-order valence-corrected chi connectivity index (χ1v) is 6.43. The van der Waals surface area contributed by atoms with E-state index >= 15 is 0 Å². The molecular weight excluding hydrogens is 268 g/mol. The third kappa shape index (κ3) is 6.47. The summed E-state index contributed by atoms with van der Waals surface area (Å²) in [5.74, 6) is -0.356. The molecule has 0 spiro atoms. The number of rotatable bonds is 8. The minimum Gasteiger partial charge on any atom is -0.435 e. The summed E-state index contributed by atoms with van der Waals surface area (Å²) in [6, 6.07) is 5.69. The Labute approximate surface area is 117 Å². The van der Waals surface area contributed by atoms with E-state index in [4.69, 9.17) is 4.74 Å². The summed E-state index contributed by atoms with van der Waals surface area (Å²) in [7, 11) is 0. The first-order valence-electron chi connectivity index (χ1n) is 6.43. The van der Waals surface area contributed by atoms with Crippen LogP contribution in [0.25, 0.3) is 0 Å². The van der Waals surface area contributed by atoms with Crippen LogP contribution >= 0.6 is 0 Å². The third-order valence-electron chi connectivity index (χ3n) is 2.38. The summed E-state index contributed by atoms with van der Waals surface area (Å²) in [5.41, 5.74) is 0.285. The van der Waals surface area contributed by atoms with E-state index in [2.05, 4.69) is 10.1 Å². The number of nitrogens with one attached hydrogen (secondary N) is 1. The van der Waals surface area contributed by atoms with Crippen LogP contribution in [0.4, 0.5) is 8.78 Å². The number of carbonyl (C=O) groups is 1. The van der Waals surface area contributed by atoms with Crippen molar-refractivity contribution in [3.63, 3.8) is 0 Å². The van der Waals surface area contributed by atoms with Crippen LogP contribution in [-0.4, -0.2) is 31.8 Å². The summed E-state index contributed by atoms with van der Waals surface area (Å²) < 4.78 is 33.7. The Morgan fingerprint density at radius 1 is 1.35 bits per heavy atom. The monoisotopic (exact) mass is 287 g/mol. The van der Waals surface area contributed by atoms with E-state index in [1.54, 1.807) is 0 Å². The van der Waals surface area contributed by atoms with Crippen molar-refractivity contribution in [3.05, 3.63) is 29.8 Å². The number of hydrogen-bond acceptors (Lipinski definition) is 3. The quantitative estimate of drug-likeness (QED) is 0.748. The van der Waals surface area contributed by atoms with Gasteiger partial charge in [-0.25, -0.2) is 0 Å². The Kier molecular flexibility index (Phi) is 6.93. The molecule has 20 heavy (non-hydrogen) atoms. The number of alkyl halides is 2. The first kappa shape index (κ1) is 16.4. The van der Waals surface area contributed by atoms with Gasteiger partial charge in [-0.3, -0.25) is 4.79 Å². The van der Waals surface area contributed by atoms with Gasteiger partial charge in [-0.05, 0) is 38.5 Å². The van der Waals surface area contributed by atoms with Crippen molar-refractivity contribution in [2.45, 2.75) is 33.0 Å². The molecule has 6 heteroatoms. The Morgan fingerprint density at radius 3 is 2.75 bits per heavy atom. The van der Waals surface area contributed by atoms with Gasteiger partial charge in [0.2, 0.25) is 0 Å². The van der Waals surface area contributed by atoms with Crippen LogP contribution in [0, 0.1) is 0 Å². The largest absolute Gasteiger partial charge is 0.435 e. The molecule has 0 saturated carbocycles. The Bertz CT molecular complexity index is 425. The van der Waals surface area contributed by atoms with Crippen molar-refractivity contribution in [2.75, 3.05) is 13.2 Å². The van der Waals surface area contributed by atoms with Gasteiger partial charge in [-0.15, -0.1) is 0 Å². The lowest BCUT2D eigenvalue weighted by molar-refractivity contribution is -0.0498. The molecule has 1 amide bonds. The minimum absolute atomic E-state index is 0.0317. The van der Waals surface area contributed by atoms with Crippen molar-refractivity contribution in [3.8, 4) is 5.75 Å². The normalized spacial score (nSPS) is 10.9. The van der Waals surface area contributed by atoms with Crippen molar-refractivity contribution >= 4 is 5.91 Å². The highest BCUT2D eigenvalue weighted by atomic mass is 19.3. The second kappa shape index (κ2) is 8.47. The summed E-state index contributed by atoms with van der Waals surface area (Å²) in [6.45, 7) is 2.00. The van der Waals surface area contributed by atoms with Crippen LogP contribution in [0.15, 0.2) is 24.3 Å². The van der Waals surface area contributed by atoms with E-state index in [9.17, 15) is 13.6 Å². The summed E-state index contributed by atoms with van der Waals surface area (Å²) >= 11 is 0. The van der Waals surface area contributed by atoms with Crippen LogP contribution < -0.4 is 10.1 Å². The van der Waals surface area contributed by atoms with E-state index in [0.29, 0.717) is 19.6 Å². The molecule has 0 saturated heterocycles. The van der Waals surface area contributed by atoms with Crippen LogP contribution in [0.1, 0.15) is 30.6 Å². The predicted octanol–water partition coefficient (Wildman–Crippen LogP) is 2.83. The average Bonchev–Trinajstić information content (AvgIpc) is 2.37. The van der Waals surface area contributed by atoms with Gasteiger partial charge >= 0.3 is 6.61 Å². The fourth-order valence-electron chi connectivity index (χ4n) is 1.51. The SMILES string of the molecule is CC(C)OCCCNC(=O)c1cccc(OC(F)F)c1. The maximum absolute atomic E-state index is 12.1. The third-order valence-corrected chi connectivity index (χ3v) is 2.38. The highest BCUT2D eigenvalue weighted by Crippen LogP contribution is 2.15. The van der Waals surface area contributed by atoms with Gasteiger partial charge in [0.05, 0.1) is 6.10 Å². The number of hydrogen-bond donors (Lipinski definition) is 1. The first-order chi connectivity index (χ1) is 9.49. The topological polar surface area (TPSA) is 47.6 Å². The average molecular weight is 287 g/mol. The van der Waals surface area contributed by atoms with Crippen LogP contribution in [0.2, 0.25) is 0 Å². The van der Waals surface area contributed by atoms with Crippen LogP contribution in [-0.2, 0) is 4.74 Å². The molecule has 1 aromatic rings. The zero-order valence-electron chi connectivity index (χ0n) is 11.6. The summed E-state index contributed by atoms with van der Waals surface area (Å²) in [4.78, 5) is 11.8. The Hall–Kier alpha value is -1.69. The Balaban J connectivity index is 2.39. The number of ether oxygens (including phenoxy) is 2. The summed E-state index contributed by atoms with van der Waals surface area (Å²) in [5, 5.41) is 2.69. The molecule has 0 aliphatic heterocycles. The molecular formula is C14H19F2NO3. The lowest BCUT2D eigenvalue weighted by atomic mass is 10.2. The molecule has 112 valence electrons. The van der Waals surface area contributed by atoms with Crippen molar-refractivity contribution in [2.24, 2.45) is 0 Å². The lowest BCUT2D eigenvalue weighted by Gasteiger charge is -2.09. The van der Waals surface area contributed by atoms with Gasteiger partial charge in [0.25, 0.3) is 5.91 Å². The molecule has 0 atom stereocenters. The van der Waals surface area contributed by atoms with Gasteiger partial charge < -0.3 is 14.8 Å². The van der Waals surface area contributed by atoms with Gasteiger partial charge in [-0.2, -0.15) is 8.78 Å². The van der Waals surface area contributed by atoms with Crippen LogP contribution in [0.5, 0.6) is 5.75 Å². The van der Waals surface area contributed by atoms with E-state index in [-0.39, 0.29) is 23.3 Å². The molecule has 0 aromatic heterocycles. The molecule has 0 unspecified atom stereocenters. The van der Waals surface area contributed by atoms with E-state index in [0.717, 1.165) is 0 Å².